The van der Waals surface area contributed by atoms with Crippen molar-refractivity contribution in [2.45, 2.75) is 44.1 Å². The Morgan fingerprint density at radius 3 is 2.79 bits per heavy atom. The molecule has 1 aliphatic rings. The van der Waals surface area contributed by atoms with Gasteiger partial charge in [-0.05, 0) is 37.0 Å². The summed E-state index contributed by atoms with van der Waals surface area (Å²) in [7, 11) is 1.68. The lowest BCUT2D eigenvalue weighted by molar-refractivity contribution is 0.299. The highest BCUT2D eigenvalue weighted by atomic mass is 16.5. The second-order valence-corrected chi connectivity index (χ2v) is 5.28. The van der Waals surface area contributed by atoms with Gasteiger partial charge in [0.05, 0.1) is 13.2 Å². The number of ether oxygens (including phenoxy) is 1. The molecule has 2 rings (SSSR count). The van der Waals surface area contributed by atoms with Gasteiger partial charge in [-0.25, -0.2) is 0 Å². The first kappa shape index (κ1) is 13.9. The van der Waals surface area contributed by atoms with E-state index >= 15 is 0 Å². The Kier molecular flexibility index (Phi) is 4.81. The monoisotopic (exact) mass is 258 g/mol. The zero-order valence-corrected chi connectivity index (χ0v) is 11.6. The molecular weight excluding hydrogens is 236 g/mol. The largest absolute Gasteiger partial charge is 0.497 e. The minimum absolute atomic E-state index is 0.281. The fourth-order valence-electron chi connectivity index (χ4n) is 2.76. The van der Waals surface area contributed by atoms with Crippen LogP contribution in [-0.2, 0) is 6.42 Å². The SMILES string of the molecule is COc1cccc(CCNC2(C#N)CCCCC2)c1. The Labute approximate surface area is 115 Å². The summed E-state index contributed by atoms with van der Waals surface area (Å²) in [6.45, 7) is 0.848. The van der Waals surface area contributed by atoms with Gasteiger partial charge in [0, 0.05) is 6.54 Å². The molecule has 0 aliphatic heterocycles. The van der Waals surface area contributed by atoms with Crippen LogP contribution in [-0.4, -0.2) is 19.2 Å². The van der Waals surface area contributed by atoms with Crippen molar-refractivity contribution >= 4 is 0 Å². The van der Waals surface area contributed by atoms with E-state index in [-0.39, 0.29) is 5.54 Å². The lowest BCUT2D eigenvalue weighted by Crippen LogP contribution is -2.46. The number of hydrogen-bond acceptors (Lipinski definition) is 3. The Morgan fingerprint density at radius 1 is 1.32 bits per heavy atom. The summed E-state index contributed by atoms with van der Waals surface area (Å²) in [4.78, 5) is 0. The Morgan fingerprint density at radius 2 is 2.11 bits per heavy atom. The van der Waals surface area contributed by atoms with E-state index < -0.39 is 0 Å². The second kappa shape index (κ2) is 6.58. The minimum atomic E-state index is -0.281. The molecule has 1 fully saturated rings. The van der Waals surface area contributed by atoms with Crippen molar-refractivity contribution in [3.63, 3.8) is 0 Å². The summed E-state index contributed by atoms with van der Waals surface area (Å²) >= 11 is 0. The summed E-state index contributed by atoms with van der Waals surface area (Å²) in [5.74, 6) is 0.894. The van der Waals surface area contributed by atoms with Gasteiger partial charge in [0.25, 0.3) is 0 Å². The first-order chi connectivity index (χ1) is 9.28. The van der Waals surface area contributed by atoms with Crippen molar-refractivity contribution in [3.05, 3.63) is 29.8 Å². The van der Waals surface area contributed by atoms with Gasteiger partial charge in [-0.15, -0.1) is 0 Å². The number of rotatable bonds is 5. The summed E-state index contributed by atoms with van der Waals surface area (Å²) in [6, 6.07) is 10.6. The average molecular weight is 258 g/mol. The number of nitrogens with one attached hydrogen (secondary N) is 1. The molecule has 1 saturated carbocycles. The van der Waals surface area contributed by atoms with Gasteiger partial charge < -0.3 is 4.74 Å². The topological polar surface area (TPSA) is 45.0 Å². The Bertz CT molecular complexity index is 444. The first-order valence-corrected chi connectivity index (χ1v) is 7.07. The van der Waals surface area contributed by atoms with E-state index in [9.17, 15) is 5.26 Å². The lowest BCUT2D eigenvalue weighted by Gasteiger charge is -2.31. The molecule has 19 heavy (non-hydrogen) atoms. The highest BCUT2D eigenvalue weighted by Gasteiger charge is 2.30. The maximum Gasteiger partial charge on any atom is 0.119 e. The van der Waals surface area contributed by atoms with Crippen LogP contribution < -0.4 is 10.1 Å². The molecule has 0 radical (unpaired) electrons. The lowest BCUT2D eigenvalue weighted by atomic mass is 9.83. The van der Waals surface area contributed by atoms with Gasteiger partial charge in [0.2, 0.25) is 0 Å². The van der Waals surface area contributed by atoms with Gasteiger partial charge in [-0.1, -0.05) is 31.4 Å². The molecule has 3 heteroatoms. The van der Waals surface area contributed by atoms with Crippen LogP contribution in [0.1, 0.15) is 37.7 Å². The van der Waals surface area contributed by atoms with Gasteiger partial charge in [0.1, 0.15) is 11.3 Å². The van der Waals surface area contributed by atoms with Crippen LogP contribution in [0.25, 0.3) is 0 Å². The number of methoxy groups -OCH3 is 1. The smallest absolute Gasteiger partial charge is 0.119 e. The number of hydrogen-bond donors (Lipinski definition) is 1. The van der Waals surface area contributed by atoms with E-state index in [1.54, 1.807) is 7.11 Å². The molecule has 1 N–H and O–H groups in total. The van der Waals surface area contributed by atoms with Crippen molar-refractivity contribution in [2.24, 2.45) is 0 Å². The number of nitriles is 1. The van der Waals surface area contributed by atoms with E-state index in [0.29, 0.717) is 0 Å². The maximum absolute atomic E-state index is 9.39. The van der Waals surface area contributed by atoms with Gasteiger partial charge >= 0.3 is 0 Å². The second-order valence-electron chi connectivity index (χ2n) is 5.28. The highest BCUT2D eigenvalue weighted by molar-refractivity contribution is 5.28. The van der Waals surface area contributed by atoms with Crippen LogP contribution in [0.3, 0.4) is 0 Å². The van der Waals surface area contributed by atoms with E-state index in [4.69, 9.17) is 4.74 Å². The van der Waals surface area contributed by atoms with Crippen LogP contribution in [0, 0.1) is 11.3 Å². The van der Waals surface area contributed by atoms with Gasteiger partial charge in [-0.2, -0.15) is 5.26 Å². The predicted molar refractivity (Wildman–Crippen MR) is 76.1 cm³/mol. The summed E-state index contributed by atoms with van der Waals surface area (Å²) < 4.78 is 5.22. The molecule has 0 aromatic heterocycles. The Hall–Kier alpha value is -1.53. The molecule has 3 nitrogen and oxygen atoms in total. The van der Waals surface area contributed by atoms with E-state index in [2.05, 4.69) is 23.5 Å². The number of nitrogens with zero attached hydrogens (tertiary/aromatic N) is 1. The van der Waals surface area contributed by atoms with Crippen LogP contribution >= 0.6 is 0 Å². The van der Waals surface area contributed by atoms with Crippen molar-refractivity contribution in [2.75, 3.05) is 13.7 Å². The minimum Gasteiger partial charge on any atom is -0.497 e. The standard InChI is InChI=1S/C16H22N2O/c1-19-15-7-5-6-14(12-15)8-11-18-16(13-17)9-3-2-4-10-16/h5-7,12,18H,2-4,8-11H2,1H3. The van der Waals surface area contributed by atoms with Crippen molar-refractivity contribution in [1.29, 1.82) is 5.26 Å². The molecule has 0 spiro atoms. The maximum atomic E-state index is 9.39. The molecule has 0 heterocycles. The fourth-order valence-corrected chi connectivity index (χ4v) is 2.76. The molecule has 1 aromatic rings. The average Bonchev–Trinajstić information content (AvgIpc) is 2.48. The van der Waals surface area contributed by atoms with E-state index in [1.165, 1.54) is 24.8 Å². The third-order valence-corrected chi connectivity index (χ3v) is 3.93. The number of benzene rings is 1. The molecule has 0 bridgehead atoms. The molecule has 0 saturated heterocycles. The zero-order valence-electron chi connectivity index (χ0n) is 11.6. The van der Waals surface area contributed by atoms with Gasteiger partial charge in [-0.3, -0.25) is 5.32 Å². The van der Waals surface area contributed by atoms with Crippen molar-refractivity contribution in [1.82, 2.24) is 5.32 Å². The van der Waals surface area contributed by atoms with Crippen LogP contribution in [0.4, 0.5) is 0 Å². The summed E-state index contributed by atoms with van der Waals surface area (Å²) in [6.07, 6.45) is 6.50. The predicted octanol–water partition coefficient (Wildman–Crippen LogP) is 3.05. The molecule has 0 atom stereocenters. The van der Waals surface area contributed by atoms with Gasteiger partial charge in [0.15, 0.2) is 0 Å². The molecule has 0 unspecified atom stereocenters. The zero-order chi connectivity index (χ0) is 13.6. The molecule has 1 aliphatic carbocycles. The van der Waals surface area contributed by atoms with Crippen molar-refractivity contribution in [3.8, 4) is 11.8 Å². The van der Waals surface area contributed by atoms with Crippen molar-refractivity contribution < 1.29 is 4.74 Å². The first-order valence-electron chi connectivity index (χ1n) is 7.07. The van der Waals surface area contributed by atoms with Crippen LogP contribution in [0.2, 0.25) is 0 Å². The molecule has 102 valence electrons. The summed E-state index contributed by atoms with van der Waals surface area (Å²) in [5, 5.41) is 12.9. The van der Waals surface area contributed by atoms with E-state index in [0.717, 1.165) is 31.6 Å². The van der Waals surface area contributed by atoms with Crippen LogP contribution in [0.15, 0.2) is 24.3 Å². The third-order valence-electron chi connectivity index (χ3n) is 3.93. The fraction of sp³-hybridized carbons (Fsp3) is 0.562. The van der Waals surface area contributed by atoms with Crippen LogP contribution in [0.5, 0.6) is 5.75 Å². The normalized spacial score (nSPS) is 17.7. The Balaban J connectivity index is 1.86. The molecular formula is C16H22N2O. The van der Waals surface area contributed by atoms with E-state index in [1.807, 2.05) is 12.1 Å². The molecule has 1 aromatic carbocycles. The quantitative estimate of drug-likeness (QED) is 0.883. The highest BCUT2D eigenvalue weighted by Crippen LogP contribution is 2.27. The molecule has 0 amide bonds. The third kappa shape index (κ3) is 3.71. The summed E-state index contributed by atoms with van der Waals surface area (Å²) in [5.41, 5.74) is 0.965.